The zero-order chi connectivity index (χ0) is 16.5. The zero-order valence-corrected chi connectivity index (χ0v) is 13.5. The topological polar surface area (TPSA) is 89.3 Å². The zero-order valence-electron chi connectivity index (χ0n) is 11.2. The number of rotatable bonds is 4. The van der Waals surface area contributed by atoms with Crippen molar-refractivity contribution in [3.8, 4) is 0 Å². The van der Waals surface area contributed by atoms with Crippen molar-refractivity contribution in [3.63, 3.8) is 0 Å². The van der Waals surface area contributed by atoms with Crippen molar-refractivity contribution in [2.75, 3.05) is 4.72 Å². The Balaban J connectivity index is 2.42. The van der Waals surface area contributed by atoms with Crippen LogP contribution in [0.4, 0.5) is 11.4 Å². The molecule has 6 nitrogen and oxygen atoms in total. The molecule has 0 aliphatic rings. The molecule has 116 valence electrons. The lowest BCUT2D eigenvalue weighted by molar-refractivity contribution is -0.384. The highest BCUT2D eigenvalue weighted by Crippen LogP contribution is 2.28. The van der Waals surface area contributed by atoms with E-state index in [9.17, 15) is 18.5 Å². The second-order valence-corrected chi connectivity index (χ2v) is 6.93. The van der Waals surface area contributed by atoms with Gasteiger partial charge in [-0.05, 0) is 30.7 Å². The number of nitro benzene ring substituents is 1. The summed E-state index contributed by atoms with van der Waals surface area (Å²) in [7, 11) is -3.93. The normalized spacial score (nSPS) is 11.2. The van der Waals surface area contributed by atoms with Crippen LogP contribution in [-0.4, -0.2) is 13.3 Å². The van der Waals surface area contributed by atoms with Gasteiger partial charge in [-0.1, -0.05) is 29.3 Å². The molecular formula is C13H10Cl2N2O4S. The fraction of sp³-hybridized carbons (Fsp3) is 0.0769. The molecule has 0 aromatic heterocycles. The van der Waals surface area contributed by atoms with Gasteiger partial charge in [0.1, 0.15) is 0 Å². The Bertz CT molecular complexity index is 853. The van der Waals surface area contributed by atoms with E-state index in [1.165, 1.54) is 30.3 Å². The second kappa shape index (κ2) is 6.12. The van der Waals surface area contributed by atoms with Crippen LogP contribution in [0.2, 0.25) is 10.0 Å². The lowest BCUT2D eigenvalue weighted by Gasteiger charge is -2.11. The summed E-state index contributed by atoms with van der Waals surface area (Å²) >= 11 is 11.6. The Kier molecular flexibility index (Phi) is 4.60. The first kappa shape index (κ1) is 16.5. The lowest BCUT2D eigenvalue weighted by atomic mass is 10.2. The van der Waals surface area contributed by atoms with Gasteiger partial charge < -0.3 is 0 Å². The van der Waals surface area contributed by atoms with Crippen LogP contribution >= 0.6 is 23.2 Å². The maximum Gasteiger partial charge on any atom is 0.271 e. The highest BCUT2D eigenvalue weighted by atomic mass is 35.5. The van der Waals surface area contributed by atoms with E-state index < -0.39 is 14.9 Å². The third-order valence-electron chi connectivity index (χ3n) is 2.88. The van der Waals surface area contributed by atoms with E-state index in [0.717, 1.165) is 6.07 Å². The molecule has 1 N–H and O–H groups in total. The minimum absolute atomic E-state index is 0.0900. The summed E-state index contributed by atoms with van der Waals surface area (Å²) in [4.78, 5) is 10.1. The van der Waals surface area contributed by atoms with E-state index in [2.05, 4.69) is 4.72 Å². The molecule has 0 heterocycles. The molecule has 0 bridgehead atoms. The van der Waals surface area contributed by atoms with Crippen LogP contribution < -0.4 is 4.72 Å². The lowest BCUT2D eigenvalue weighted by Crippen LogP contribution is -2.14. The van der Waals surface area contributed by atoms with Crippen molar-refractivity contribution >= 4 is 44.6 Å². The van der Waals surface area contributed by atoms with Crippen LogP contribution in [0.15, 0.2) is 41.3 Å². The third-order valence-corrected chi connectivity index (χ3v) is 4.98. The van der Waals surface area contributed by atoms with Crippen molar-refractivity contribution < 1.29 is 13.3 Å². The van der Waals surface area contributed by atoms with Crippen molar-refractivity contribution in [1.82, 2.24) is 0 Å². The van der Waals surface area contributed by atoms with Gasteiger partial charge >= 0.3 is 0 Å². The number of benzene rings is 2. The number of nitrogens with one attached hydrogen (secondary N) is 1. The molecule has 22 heavy (non-hydrogen) atoms. The van der Waals surface area contributed by atoms with E-state index in [0.29, 0.717) is 5.56 Å². The molecule has 0 unspecified atom stereocenters. The van der Waals surface area contributed by atoms with Crippen LogP contribution in [0.3, 0.4) is 0 Å². The molecule has 2 aromatic carbocycles. The van der Waals surface area contributed by atoms with Gasteiger partial charge in [-0.25, -0.2) is 8.42 Å². The number of aryl methyl sites for hydroxylation is 1. The molecular weight excluding hydrogens is 351 g/mol. The Morgan fingerprint density at radius 3 is 2.36 bits per heavy atom. The quantitative estimate of drug-likeness (QED) is 0.658. The summed E-state index contributed by atoms with van der Waals surface area (Å²) in [6.07, 6.45) is 0. The molecule has 0 saturated heterocycles. The molecule has 0 aliphatic carbocycles. The van der Waals surface area contributed by atoms with Gasteiger partial charge in [-0.3, -0.25) is 14.8 Å². The molecule has 0 aliphatic heterocycles. The monoisotopic (exact) mass is 360 g/mol. The average molecular weight is 361 g/mol. The van der Waals surface area contributed by atoms with E-state index in [1.54, 1.807) is 6.92 Å². The standard InChI is InChI=1S/C13H10Cl2N2O4S/c1-8-2-3-9(17(18)19)6-13(8)16-22(20,21)10-4-5-11(14)12(15)7-10/h2-7,16H,1H3. The molecule has 0 fully saturated rings. The molecule has 0 amide bonds. The summed E-state index contributed by atoms with van der Waals surface area (Å²) in [6.45, 7) is 1.64. The summed E-state index contributed by atoms with van der Waals surface area (Å²) < 4.78 is 26.9. The van der Waals surface area contributed by atoms with Crippen molar-refractivity contribution in [1.29, 1.82) is 0 Å². The molecule has 2 aromatic rings. The number of non-ortho nitro benzene ring substituents is 1. The largest absolute Gasteiger partial charge is 0.279 e. The fourth-order valence-electron chi connectivity index (χ4n) is 1.68. The van der Waals surface area contributed by atoms with Crippen LogP contribution in [0.1, 0.15) is 5.56 Å². The number of nitrogens with zero attached hydrogens (tertiary/aromatic N) is 1. The number of nitro groups is 1. The minimum atomic E-state index is -3.93. The fourth-order valence-corrected chi connectivity index (χ4v) is 3.19. The third kappa shape index (κ3) is 3.49. The van der Waals surface area contributed by atoms with E-state index >= 15 is 0 Å². The number of halogens is 2. The smallest absolute Gasteiger partial charge is 0.271 e. The van der Waals surface area contributed by atoms with Crippen molar-refractivity contribution in [3.05, 3.63) is 62.1 Å². The van der Waals surface area contributed by atoms with E-state index in [1.807, 2.05) is 0 Å². The Morgan fingerprint density at radius 2 is 1.77 bits per heavy atom. The van der Waals surface area contributed by atoms with Gasteiger partial charge in [-0.2, -0.15) is 0 Å². The number of sulfonamides is 1. The predicted molar refractivity (Wildman–Crippen MR) is 85.1 cm³/mol. The SMILES string of the molecule is Cc1ccc([N+](=O)[O-])cc1NS(=O)(=O)c1ccc(Cl)c(Cl)c1. The van der Waals surface area contributed by atoms with Crippen LogP contribution in [-0.2, 0) is 10.0 Å². The van der Waals surface area contributed by atoms with Crippen molar-refractivity contribution in [2.45, 2.75) is 11.8 Å². The van der Waals surface area contributed by atoms with Gasteiger partial charge in [0.15, 0.2) is 0 Å². The molecule has 0 radical (unpaired) electrons. The number of hydrogen-bond acceptors (Lipinski definition) is 4. The van der Waals surface area contributed by atoms with Crippen molar-refractivity contribution in [2.24, 2.45) is 0 Å². The van der Waals surface area contributed by atoms with E-state index in [4.69, 9.17) is 23.2 Å². The first-order valence-electron chi connectivity index (χ1n) is 5.93. The Hall–Kier alpha value is -1.83. The molecule has 0 atom stereocenters. The Labute approximate surface area is 136 Å². The highest BCUT2D eigenvalue weighted by Gasteiger charge is 2.18. The predicted octanol–water partition coefficient (Wildman–Crippen LogP) is 4.01. The Morgan fingerprint density at radius 1 is 1.09 bits per heavy atom. The van der Waals surface area contributed by atoms with Gasteiger partial charge in [0.05, 0.1) is 25.6 Å². The number of hydrogen-bond donors (Lipinski definition) is 1. The molecule has 9 heteroatoms. The molecule has 0 spiro atoms. The van der Waals surface area contributed by atoms with E-state index in [-0.39, 0.29) is 26.3 Å². The summed E-state index contributed by atoms with van der Waals surface area (Å²) in [5.41, 5.74) is 0.465. The van der Waals surface area contributed by atoms with Gasteiger partial charge in [0, 0.05) is 12.1 Å². The summed E-state index contributed by atoms with van der Waals surface area (Å²) in [6, 6.07) is 7.78. The highest BCUT2D eigenvalue weighted by molar-refractivity contribution is 7.92. The van der Waals surface area contributed by atoms with Crippen LogP contribution in [0.25, 0.3) is 0 Å². The van der Waals surface area contributed by atoms with Crippen LogP contribution in [0, 0.1) is 17.0 Å². The number of anilines is 1. The van der Waals surface area contributed by atoms with Gasteiger partial charge in [0.25, 0.3) is 15.7 Å². The van der Waals surface area contributed by atoms with Gasteiger partial charge in [-0.15, -0.1) is 0 Å². The second-order valence-electron chi connectivity index (χ2n) is 4.44. The maximum absolute atomic E-state index is 12.3. The van der Waals surface area contributed by atoms with Crippen LogP contribution in [0.5, 0.6) is 0 Å². The minimum Gasteiger partial charge on any atom is -0.279 e. The average Bonchev–Trinajstić information content (AvgIpc) is 2.43. The summed E-state index contributed by atoms with van der Waals surface area (Å²) in [5, 5.41) is 11.1. The summed E-state index contributed by atoms with van der Waals surface area (Å²) in [5.74, 6) is 0. The maximum atomic E-state index is 12.3. The van der Waals surface area contributed by atoms with Gasteiger partial charge in [0.2, 0.25) is 0 Å². The molecule has 0 saturated carbocycles. The first-order chi connectivity index (χ1) is 10.2. The first-order valence-corrected chi connectivity index (χ1v) is 8.17. The molecule has 2 rings (SSSR count).